The van der Waals surface area contributed by atoms with Crippen LogP contribution < -0.4 is 19.7 Å². The standard InChI is InChI=1S/C30H26N4O3S/c1-35-22-13-15-24(16-14-22)37-23-11-9-21(10-12-23)34-29(28(32-30(34)38)26-7-2-3-17-31-26)27-8-4-18-33(27)20-25-6-5-19-36-25/h2-19,28-29H,20H2,1H3,(H,32,38)/t28-,29-/m1/s1. The van der Waals surface area contributed by atoms with Gasteiger partial charge in [-0.2, -0.15) is 0 Å². The number of ether oxygens (including phenoxy) is 2. The van der Waals surface area contributed by atoms with Gasteiger partial charge in [-0.25, -0.2) is 0 Å². The predicted molar refractivity (Wildman–Crippen MR) is 150 cm³/mol. The second-order valence-electron chi connectivity index (χ2n) is 8.91. The Hall–Kier alpha value is -4.56. The molecule has 0 spiro atoms. The Bertz CT molecular complexity index is 1500. The molecule has 0 bridgehead atoms. The van der Waals surface area contributed by atoms with Gasteiger partial charge in [0, 0.05) is 23.8 Å². The van der Waals surface area contributed by atoms with Gasteiger partial charge in [0.15, 0.2) is 5.11 Å². The highest BCUT2D eigenvalue weighted by molar-refractivity contribution is 7.80. The number of hydrogen-bond donors (Lipinski definition) is 1. The summed E-state index contributed by atoms with van der Waals surface area (Å²) in [6, 6.07) is 29.2. The van der Waals surface area contributed by atoms with Gasteiger partial charge in [-0.05, 0) is 97.1 Å². The van der Waals surface area contributed by atoms with Crippen molar-refractivity contribution in [3.8, 4) is 17.2 Å². The van der Waals surface area contributed by atoms with Crippen molar-refractivity contribution >= 4 is 23.0 Å². The summed E-state index contributed by atoms with van der Waals surface area (Å²) in [4.78, 5) is 6.81. The van der Waals surface area contributed by atoms with Gasteiger partial charge >= 0.3 is 0 Å². The van der Waals surface area contributed by atoms with Crippen LogP contribution in [0.3, 0.4) is 0 Å². The Labute approximate surface area is 226 Å². The Morgan fingerprint density at radius 2 is 1.66 bits per heavy atom. The number of benzene rings is 2. The zero-order chi connectivity index (χ0) is 25.9. The predicted octanol–water partition coefficient (Wildman–Crippen LogP) is 6.50. The van der Waals surface area contributed by atoms with Crippen molar-refractivity contribution in [3.63, 3.8) is 0 Å². The maximum absolute atomic E-state index is 6.04. The molecule has 0 saturated carbocycles. The lowest BCUT2D eigenvalue weighted by molar-refractivity contribution is 0.413. The van der Waals surface area contributed by atoms with E-state index in [9.17, 15) is 0 Å². The molecule has 1 fully saturated rings. The van der Waals surface area contributed by atoms with Crippen LogP contribution in [-0.4, -0.2) is 21.8 Å². The van der Waals surface area contributed by atoms with Gasteiger partial charge in [0.25, 0.3) is 0 Å². The van der Waals surface area contributed by atoms with E-state index in [1.54, 1.807) is 13.4 Å². The molecule has 6 rings (SSSR count). The Morgan fingerprint density at radius 1 is 0.895 bits per heavy atom. The van der Waals surface area contributed by atoms with Crippen molar-refractivity contribution in [1.82, 2.24) is 14.9 Å². The van der Waals surface area contributed by atoms with Gasteiger partial charge < -0.3 is 28.7 Å². The monoisotopic (exact) mass is 522 g/mol. The SMILES string of the molecule is COc1ccc(Oc2ccc(N3C(=S)N[C@H](c4ccccn4)[C@H]3c3cccn3Cc3ccco3)cc2)cc1. The molecule has 38 heavy (non-hydrogen) atoms. The first-order chi connectivity index (χ1) is 18.7. The van der Waals surface area contributed by atoms with E-state index in [1.165, 1.54) is 0 Å². The molecule has 8 heteroatoms. The summed E-state index contributed by atoms with van der Waals surface area (Å²) in [7, 11) is 1.64. The summed E-state index contributed by atoms with van der Waals surface area (Å²) in [5.41, 5.74) is 2.98. The zero-order valence-corrected chi connectivity index (χ0v) is 21.5. The molecule has 2 atom stereocenters. The van der Waals surface area contributed by atoms with E-state index in [0.717, 1.165) is 40.1 Å². The molecular formula is C30H26N4O3S. The summed E-state index contributed by atoms with van der Waals surface area (Å²) in [5.74, 6) is 3.14. The fourth-order valence-electron chi connectivity index (χ4n) is 4.80. The lowest BCUT2D eigenvalue weighted by Crippen LogP contribution is -2.30. The molecule has 0 radical (unpaired) electrons. The molecule has 1 aliphatic heterocycles. The smallest absolute Gasteiger partial charge is 0.174 e. The average molecular weight is 523 g/mol. The van der Waals surface area contributed by atoms with Crippen molar-refractivity contribution in [2.75, 3.05) is 12.0 Å². The number of anilines is 1. The summed E-state index contributed by atoms with van der Waals surface area (Å²) >= 11 is 5.89. The van der Waals surface area contributed by atoms with E-state index in [1.807, 2.05) is 85.1 Å². The van der Waals surface area contributed by atoms with Crippen LogP contribution in [0.15, 0.2) is 114 Å². The minimum absolute atomic E-state index is 0.129. The van der Waals surface area contributed by atoms with Crippen LogP contribution >= 0.6 is 12.2 Å². The first kappa shape index (κ1) is 23.8. The number of rotatable bonds is 8. The van der Waals surface area contributed by atoms with Crippen molar-refractivity contribution in [2.24, 2.45) is 0 Å². The summed E-state index contributed by atoms with van der Waals surface area (Å²) < 4.78 is 19.1. The third-order valence-corrected chi connectivity index (χ3v) is 6.90. The maximum atomic E-state index is 6.04. The van der Waals surface area contributed by atoms with Gasteiger partial charge in [-0.3, -0.25) is 4.98 Å². The van der Waals surface area contributed by atoms with E-state index < -0.39 is 0 Å². The zero-order valence-electron chi connectivity index (χ0n) is 20.7. The number of nitrogens with zero attached hydrogens (tertiary/aromatic N) is 3. The number of hydrogen-bond acceptors (Lipinski definition) is 5. The summed E-state index contributed by atoms with van der Waals surface area (Å²) in [5, 5.41) is 4.16. The lowest BCUT2D eigenvalue weighted by atomic mass is 10.0. The molecule has 4 heterocycles. The summed E-state index contributed by atoms with van der Waals surface area (Å²) in [6.45, 7) is 0.621. The van der Waals surface area contributed by atoms with E-state index in [2.05, 4.69) is 38.1 Å². The number of furan rings is 1. The Balaban J connectivity index is 1.33. The van der Waals surface area contributed by atoms with Crippen molar-refractivity contribution in [3.05, 3.63) is 127 Å². The first-order valence-electron chi connectivity index (χ1n) is 12.3. The number of thiocarbonyl (C=S) groups is 1. The molecule has 5 aromatic rings. The quantitative estimate of drug-likeness (QED) is 0.233. The minimum Gasteiger partial charge on any atom is -0.497 e. The molecule has 7 nitrogen and oxygen atoms in total. The van der Waals surface area contributed by atoms with Gasteiger partial charge in [0.05, 0.1) is 31.7 Å². The van der Waals surface area contributed by atoms with E-state index in [0.29, 0.717) is 11.7 Å². The highest BCUT2D eigenvalue weighted by Crippen LogP contribution is 2.42. The maximum Gasteiger partial charge on any atom is 0.174 e. The number of aromatic nitrogens is 2. The van der Waals surface area contributed by atoms with Crippen LogP contribution in [0.5, 0.6) is 17.2 Å². The fraction of sp³-hybridized carbons (Fsp3) is 0.133. The Morgan fingerprint density at radius 3 is 2.34 bits per heavy atom. The molecule has 1 aliphatic rings. The van der Waals surface area contributed by atoms with Crippen molar-refractivity contribution < 1.29 is 13.9 Å². The molecule has 1 saturated heterocycles. The first-order valence-corrected chi connectivity index (χ1v) is 12.7. The molecule has 1 N–H and O–H groups in total. The van der Waals surface area contributed by atoms with Crippen LogP contribution in [0.1, 0.15) is 29.2 Å². The van der Waals surface area contributed by atoms with E-state index in [-0.39, 0.29) is 12.1 Å². The lowest BCUT2D eigenvalue weighted by Gasteiger charge is -2.29. The number of pyridine rings is 1. The third-order valence-electron chi connectivity index (χ3n) is 6.58. The van der Waals surface area contributed by atoms with Crippen LogP contribution in [0, 0.1) is 0 Å². The van der Waals surface area contributed by atoms with Crippen LogP contribution in [-0.2, 0) is 6.54 Å². The van der Waals surface area contributed by atoms with E-state index in [4.69, 9.17) is 26.1 Å². The van der Waals surface area contributed by atoms with Crippen molar-refractivity contribution in [2.45, 2.75) is 18.6 Å². The van der Waals surface area contributed by atoms with Gasteiger partial charge in [0.1, 0.15) is 29.1 Å². The topological polar surface area (TPSA) is 64.7 Å². The van der Waals surface area contributed by atoms with Gasteiger partial charge in [0.2, 0.25) is 0 Å². The molecule has 190 valence electrons. The second kappa shape index (κ2) is 10.4. The molecule has 0 aliphatic carbocycles. The van der Waals surface area contributed by atoms with Crippen LogP contribution in [0.25, 0.3) is 0 Å². The average Bonchev–Trinajstić information content (AvgIpc) is 3.71. The Kier molecular flexibility index (Phi) is 6.54. The fourth-order valence-corrected chi connectivity index (χ4v) is 5.14. The van der Waals surface area contributed by atoms with Gasteiger partial charge in [-0.15, -0.1) is 0 Å². The molecule has 2 aromatic carbocycles. The molecule has 0 amide bonds. The second-order valence-corrected chi connectivity index (χ2v) is 9.30. The van der Waals surface area contributed by atoms with Crippen LogP contribution in [0.2, 0.25) is 0 Å². The summed E-state index contributed by atoms with van der Waals surface area (Å²) in [6.07, 6.45) is 5.58. The molecular weight excluding hydrogens is 496 g/mol. The minimum atomic E-state index is -0.135. The molecule has 0 unspecified atom stereocenters. The largest absolute Gasteiger partial charge is 0.497 e. The highest BCUT2D eigenvalue weighted by atomic mass is 32.1. The van der Waals surface area contributed by atoms with Gasteiger partial charge in [-0.1, -0.05) is 6.07 Å². The molecule has 3 aromatic heterocycles. The highest BCUT2D eigenvalue weighted by Gasteiger charge is 2.42. The normalized spacial score (nSPS) is 16.9. The number of methoxy groups -OCH3 is 1. The number of nitrogens with one attached hydrogen (secondary N) is 1. The van der Waals surface area contributed by atoms with E-state index >= 15 is 0 Å². The van der Waals surface area contributed by atoms with Crippen LogP contribution in [0.4, 0.5) is 5.69 Å². The third kappa shape index (κ3) is 4.73. The van der Waals surface area contributed by atoms with Crippen molar-refractivity contribution in [1.29, 1.82) is 0 Å².